The zero-order valence-electron chi connectivity index (χ0n) is 12.6. The highest BCUT2D eigenvalue weighted by molar-refractivity contribution is 5.43. The standard InChI is InChI=1S/C17H22O3/c1-12-5-7-15(4)16(13-6-10-18-11-13)8-9-17(15,20-19-16)14(12,2)3/h6,8-12H,5,7H2,1-4H3/t12-,15-,16+,17-/m0/s1. The smallest absolute Gasteiger partial charge is 0.158 e. The van der Waals surface area contributed by atoms with E-state index in [9.17, 15) is 0 Å². The topological polar surface area (TPSA) is 31.6 Å². The van der Waals surface area contributed by atoms with E-state index in [1.807, 2.05) is 6.07 Å². The summed E-state index contributed by atoms with van der Waals surface area (Å²) in [6, 6.07) is 1.99. The number of hydrogen-bond acceptors (Lipinski definition) is 3. The zero-order valence-corrected chi connectivity index (χ0v) is 12.6. The molecular formula is C17H22O3. The molecular weight excluding hydrogens is 252 g/mol. The minimum absolute atomic E-state index is 0.0402. The molecule has 3 aliphatic rings. The van der Waals surface area contributed by atoms with Gasteiger partial charge in [0, 0.05) is 16.4 Å². The van der Waals surface area contributed by atoms with Gasteiger partial charge in [-0.25, -0.2) is 9.78 Å². The van der Waals surface area contributed by atoms with E-state index in [-0.39, 0.29) is 16.4 Å². The van der Waals surface area contributed by atoms with Gasteiger partial charge < -0.3 is 4.42 Å². The summed E-state index contributed by atoms with van der Waals surface area (Å²) in [6.07, 6.45) is 10.2. The van der Waals surface area contributed by atoms with E-state index in [4.69, 9.17) is 14.2 Å². The number of hydrogen-bond donors (Lipinski definition) is 0. The summed E-state index contributed by atoms with van der Waals surface area (Å²) in [5.41, 5.74) is 0.158. The van der Waals surface area contributed by atoms with Crippen molar-refractivity contribution >= 4 is 0 Å². The average molecular weight is 274 g/mol. The summed E-state index contributed by atoms with van der Waals surface area (Å²) < 4.78 is 5.30. The van der Waals surface area contributed by atoms with Crippen LogP contribution in [0.2, 0.25) is 0 Å². The Balaban J connectivity index is 1.93. The molecule has 1 aliphatic heterocycles. The molecule has 3 heteroatoms. The Bertz CT molecular complexity index is 573. The molecule has 2 fully saturated rings. The van der Waals surface area contributed by atoms with Crippen molar-refractivity contribution in [3.8, 4) is 0 Å². The van der Waals surface area contributed by atoms with Crippen LogP contribution in [0.5, 0.6) is 0 Å². The lowest BCUT2D eigenvalue weighted by Crippen LogP contribution is -2.60. The molecule has 1 aromatic heterocycles. The molecule has 0 N–H and O–H groups in total. The van der Waals surface area contributed by atoms with Gasteiger partial charge in [-0.05, 0) is 37.0 Å². The third-order valence-corrected chi connectivity index (χ3v) is 6.71. The molecule has 1 aromatic rings. The molecule has 20 heavy (non-hydrogen) atoms. The maximum atomic E-state index is 6.03. The third kappa shape index (κ3) is 1.02. The summed E-state index contributed by atoms with van der Waals surface area (Å²) in [4.78, 5) is 12.0. The Labute approximate surface area is 119 Å². The first-order valence-electron chi connectivity index (χ1n) is 7.50. The Hall–Kier alpha value is -1.06. The molecule has 2 heterocycles. The summed E-state index contributed by atoms with van der Waals surface area (Å²) in [6.45, 7) is 9.24. The molecule has 2 aliphatic carbocycles. The summed E-state index contributed by atoms with van der Waals surface area (Å²) in [5.74, 6) is 0.599. The second-order valence-electron chi connectivity index (χ2n) is 7.48. The molecule has 1 saturated carbocycles. The van der Waals surface area contributed by atoms with Crippen LogP contribution in [0, 0.1) is 16.7 Å². The highest BCUT2D eigenvalue weighted by Gasteiger charge is 2.77. The maximum absolute atomic E-state index is 6.03. The van der Waals surface area contributed by atoms with E-state index in [0.717, 1.165) is 12.0 Å². The van der Waals surface area contributed by atoms with Crippen LogP contribution in [-0.4, -0.2) is 5.60 Å². The van der Waals surface area contributed by atoms with Gasteiger partial charge in [0.25, 0.3) is 0 Å². The van der Waals surface area contributed by atoms with Crippen molar-refractivity contribution in [3.63, 3.8) is 0 Å². The Morgan fingerprint density at radius 2 is 1.95 bits per heavy atom. The van der Waals surface area contributed by atoms with Crippen molar-refractivity contribution in [1.82, 2.24) is 0 Å². The highest BCUT2D eigenvalue weighted by Crippen LogP contribution is 2.73. The monoisotopic (exact) mass is 274 g/mol. The third-order valence-electron chi connectivity index (χ3n) is 6.71. The predicted molar refractivity (Wildman–Crippen MR) is 74.7 cm³/mol. The molecule has 0 amide bonds. The Morgan fingerprint density at radius 3 is 2.55 bits per heavy atom. The first-order valence-corrected chi connectivity index (χ1v) is 7.50. The highest BCUT2D eigenvalue weighted by atomic mass is 17.2. The van der Waals surface area contributed by atoms with Crippen molar-refractivity contribution < 1.29 is 14.2 Å². The van der Waals surface area contributed by atoms with Gasteiger partial charge >= 0.3 is 0 Å². The van der Waals surface area contributed by atoms with Gasteiger partial charge in [0.2, 0.25) is 0 Å². The molecule has 2 bridgehead atoms. The summed E-state index contributed by atoms with van der Waals surface area (Å²) >= 11 is 0. The number of furan rings is 1. The van der Waals surface area contributed by atoms with E-state index in [0.29, 0.717) is 5.92 Å². The second kappa shape index (κ2) is 3.40. The average Bonchev–Trinajstić information content (AvgIpc) is 3.09. The molecule has 0 unspecified atom stereocenters. The minimum Gasteiger partial charge on any atom is -0.472 e. The number of rotatable bonds is 1. The van der Waals surface area contributed by atoms with E-state index in [2.05, 4.69) is 39.8 Å². The van der Waals surface area contributed by atoms with Crippen LogP contribution in [0.4, 0.5) is 0 Å². The van der Waals surface area contributed by atoms with Crippen LogP contribution in [-0.2, 0) is 15.4 Å². The fourth-order valence-corrected chi connectivity index (χ4v) is 4.82. The van der Waals surface area contributed by atoms with E-state index < -0.39 is 5.60 Å². The predicted octanol–water partition coefficient (Wildman–Crippen LogP) is 4.21. The van der Waals surface area contributed by atoms with Crippen LogP contribution in [0.3, 0.4) is 0 Å². The lowest BCUT2D eigenvalue weighted by Gasteiger charge is -2.55. The van der Waals surface area contributed by atoms with Gasteiger partial charge in [0.15, 0.2) is 5.60 Å². The second-order valence-corrected chi connectivity index (χ2v) is 7.48. The van der Waals surface area contributed by atoms with Crippen molar-refractivity contribution in [2.24, 2.45) is 16.7 Å². The van der Waals surface area contributed by atoms with Crippen LogP contribution in [0.15, 0.2) is 35.2 Å². The molecule has 3 nitrogen and oxygen atoms in total. The Kier molecular flexibility index (Phi) is 2.15. The lowest BCUT2D eigenvalue weighted by atomic mass is 9.48. The molecule has 4 atom stereocenters. The molecule has 0 radical (unpaired) electrons. The van der Waals surface area contributed by atoms with Crippen molar-refractivity contribution in [1.29, 1.82) is 0 Å². The van der Waals surface area contributed by atoms with Crippen LogP contribution in [0.1, 0.15) is 46.1 Å². The van der Waals surface area contributed by atoms with Gasteiger partial charge in [-0.2, -0.15) is 0 Å². The largest absolute Gasteiger partial charge is 0.472 e. The van der Waals surface area contributed by atoms with Crippen LogP contribution in [0.25, 0.3) is 0 Å². The Morgan fingerprint density at radius 1 is 1.15 bits per heavy atom. The van der Waals surface area contributed by atoms with E-state index in [1.54, 1.807) is 12.5 Å². The quantitative estimate of drug-likeness (QED) is 0.568. The first kappa shape index (κ1) is 12.7. The van der Waals surface area contributed by atoms with E-state index in [1.165, 1.54) is 6.42 Å². The van der Waals surface area contributed by atoms with Gasteiger partial charge in [-0.15, -0.1) is 0 Å². The SMILES string of the molecule is C[C@H]1CC[C@]2(C)[C@]3(C=C[C@]2(c2ccoc2)OO3)C1(C)C. The lowest BCUT2D eigenvalue weighted by molar-refractivity contribution is -0.362. The molecule has 108 valence electrons. The van der Waals surface area contributed by atoms with E-state index >= 15 is 0 Å². The fourth-order valence-electron chi connectivity index (χ4n) is 4.82. The molecule has 1 saturated heterocycles. The minimum atomic E-state index is -0.503. The van der Waals surface area contributed by atoms with Crippen molar-refractivity contribution in [2.45, 2.75) is 51.7 Å². The van der Waals surface area contributed by atoms with Gasteiger partial charge in [0.1, 0.15) is 5.60 Å². The molecule has 0 spiro atoms. The summed E-state index contributed by atoms with van der Waals surface area (Å²) in [7, 11) is 0. The normalized spacial score (nSPS) is 48.5. The van der Waals surface area contributed by atoms with Crippen molar-refractivity contribution in [3.05, 3.63) is 36.3 Å². The summed E-state index contributed by atoms with van der Waals surface area (Å²) in [5, 5.41) is 0. The van der Waals surface area contributed by atoms with Gasteiger partial charge in [0.05, 0.1) is 12.5 Å². The van der Waals surface area contributed by atoms with Crippen LogP contribution >= 0.6 is 0 Å². The van der Waals surface area contributed by atoms with Crippen LogP contribution < -0.4 is 0 Å². The van der Waals surface area contributed by atoms with Gasteiger partial charge in [-0.3, -0.25) is 0 Å². The van der Waals surface area contributed by atoms with Gasteiger partial charge in [-0.1, -0.05) is 27.7 Å². The first-order chi connectivity index (χ1) is 9.40. The molecule has 4 rings (SSSR count). The maximum Gasteiger partial charge on any atom is 0.158 e. The fraction of sp³-hybridized carbons (Fsp3) is 0.647. The van der Waals surface area contributed by atoms with Crippen molar-refractivity contribution in [2.75, 3.05) is 0 Å². The zero-order chi connectivity index (χ0) is 14.2. The molecule has 0 aromatic carbocycles.